The van der Waals surface area contributed by atoms with Gasteiger partial charge in [0.1, 0.15) is 11.4 Å². The minimum absolute atomic E-state index is 0.428. The summed E-state index contributed by atoms with van der Waals surface area (Å²) in [5, 5.41) is 10.5. The van der Waals surface area contributed by atoms with E-state index in [1.807, 2.05) is 0 Å². The Morgan fingerprint density at radius 1 is 1.25 bits per heavy atom. The minimum atomic E-state index is -5.09. The van der Waals surface area contributed by atoms with E-state index in [-0.39, 0.29) is 0 Å². The highest BCUT2D eigenvalue weighted by molar-refractivity contribution is 6.01. The Labute approximate surface area is 111 Å². The van der Waals surface area contributed by atoms with Gasteiger partial charge in [-0.2, -0.15) is 13.2 Å². The Balaban J connectivity index is 2.40. The monoisotopic (exact) mass is 288 g/mol. The molecule has 1 aromatic heterocycles. The van der Waals surface area contributed by atoms with Crippen LogP contribution in [0.15, 0.2) is 6.07 Å². The van der Waals surface area contributed by atoms with E-state index in [1.54, 1.807) is 0 Å². The van der Waals surface area contributed by atoms with E-state index in [0.29, 0.717) is 24.1 Å². The van der Waals surface area contributed by atoms with Crippen LogP contribution in [0.2, 0.25) is 0 Å². The maximum absolute atomic E-state index is 12.2. The van der Waals surface area contributed by atoms with Crippen molar-refractivity contribution in [2.75, 3.05) is 5.32 Å². The molecule has 1 aromatic rings. The van der Waals surface area contributed by atoms with E-state index in [0.717, 1.165) is 12.8 Å². The molecular weight excluding hydrogens is 277 g/mol. The van der Waals surface area contributed by atoms with Crippen molar-refractivity contribution in [1.29, 1.82) is 0 Å². The van der Waals surface area contributed by atoms with E-state index in [2.05, 4.69) is 4.98 Å². The topological polar surface area (TPSA) is 79.3 Å². The van der Waals surface area contributed by atoms with Crippen LogP contribution >= 0.6 is 0 Å². The number of carbonyl (C=O) groups excluding carboxylic acids is 1. The fourth-order valence-electron chi connectivity index (χ4n) is 2.07. The summed E-state index contributed by atoms with van der Waals surface area (Å²) in [6.07, 6.45) is -2.19. The van der Waals surface area contributed by atoms with Crippen molar-refractivity contribution in [1.82, 2.24) is 4.98 Å². The lowest BCUT2D eigenvalue weighted by Gasteiger charge is -2.18. The fraction of sp³-hybridized carbons (Fsp3) is 0.417. The van der Waals surface area contributed by atoms with Crippen molar-refractivity contribution in [2.24, 2.45) is 0 Å². The van der Waals surface area contributed by atoms with Crippen LogP contribution < -0.4 is 5.32 Å². The number of aryl methyl sites for hydroxylation is 2. The van der Waals surface area contributed by atoms with Gasteiger partial charge in [-0.1, -0.05) is 0 Å². The highest BCUT2D eigenvalue weighted by Gasteiger charge is 2.39. The maximum Gasteiger partial charge on any atom is 0.471 e. The summed E-state index contributed by atoms with van der Waals surface area (Å²) < 4.78 is 36.7. The number of rotatable bonds is 2. The molecule has 2 rings (SSSR count). The van der Waals surface area contributed by atoms with Gasteiger partial charge < -0.3 is 10.4 Å². The van der Waals surface area contributed by atoms with Crippen LogP contribution in [0.4, 0.5) is 19.0 Å². The third-order valence-corrected chi connectivity index (χ3v) is 3.02. The average Bonchev–Trinajstić information content (AvgIpc) is 2.36. The number of aromatic nitrogens is 1. The van der Waals surface area contributed by atoms with Gasteiger partial charge in [-0.3, -0.25) is 4.79 Å². The number of amides is 1. The standard InChI is InChI=1S/C12H11F3N2O3/c13-12(14,15)11(20)17-9-7(10(18)19)5-6-3-1-2-4-8(6)16-9/h5H,1-4H2,(H,18,19)(H,16,17,20). The van der Waals surface area contributed by atoms with Crippen LogP contribution in [0.25, 0.3) is 0 Å². The van der Waals surface area contributed by atoms with E-state index in [1.165, 1.54) is 11.4 Å². The number of anilines is 1. The van der Waals surface area contributed by atoms with Crippen molar-refractivity contribution < 1.29 is 27.9 Å². The zero-order valence-electron chi connectivity index (χ0n) is 10.3. The van der Waals surface area contributed by atoms with Crippen molar-refractivity contribution in [2.45, 2.75) is 31.9 Å². The Bertz CT molecular complexity index is 570. The van der Waals surface area contributed by atoms with Crippen molar-refractivity contribution in [3.63, 3.8) is 0 Å². The molecule has 0 saturated carbocycles. The lowest BCUT2D eigenvalue weighted by molar-refractivity contribution is -0.167. The number of fused-ring (bicyclic) bond motifs is 1. The third-order valence-electron chi connectivity index (χ3n) is 3.02. The number of pyridine rings is 1. The van der Waals surface area contributed by atoms with Crippen LogP contribution in [0, 0.1) is 0 Å². The smallest absolute Gasteiger partial charge is 0.471 e. The molecule has 1 heterocycles. The molecule has 8 heteroatoms. The lowest BCUT2D eigenvalue weighted by Crippen LogP contribution is -2.31. The molecule has 20 heavy (non-hydrogen) atoms. The SMILES string of the molecule is O=C(O)c1cc2c(nc1NC(=O)C(F)(F)F)CCCC2. The molecule has 0 aromatic carbocycles. The fourth-order valence-corrected chi connectivity index (χ4v) is 2.07. The Morgan fingerprint density at radius 3 is 2.50 bits per heavy atom. The van der Waals surface area contributed by atoms with Crippen molar-refractivity contribution in [3.8, 4) is 0 Å². The number of nitrogens with zero attached hydrogens (tertiary/aromatic N) is 1. The normalized spacial score (nSPS) is 14.6. The predicted octanol–water partition coefficient (Wildman–Crippen LogP) is 2.16. The molecule has 0 bridgehead atoms. The van der Waals surface area contributed by atoms with Crippen LogP contribution in [0.5, 0.6) is 0 Å². The van der Waals surface area contributed by atoms with Gasteiger partial charge in [-0.15, -0.1) is 0 Å². The first kappa shape index (κ1) is 14.3. The summed E-state index contributed by atoms with van der Waals surface area (Å²) in [6.45, 7) is 0. The van der Waals surface area contributed by atoms with Gasteiger partial charge in [0.05, 0.1) is 0 Å². The molecular formula is C12H11F3N2O3. The molecule has 0 fully saturated rings. The van der Waals surface area contributed by atoms with E-state index in [9.17, 15) is 22.8 Å². The van der Waals surface area contributed by atoms with Gasteiger partial charge in [0.2, 0.25) is 0 Å². The first-order chi connectivity index (χ1) is 9.29. The average molecular weight is 288 g/mol. The molecule has 1 aliphatic carbocycles. The number of halogens is 3. The lowest BCUT2D eigenvalue weighted by atomic mass is 9.94. The molecule has 0 atom stereocenters. The number of nitrogens with one attached hydrogen (secondary N) is 1. The van der Waals surface area contributed by atoms with E-state index >= 15 is 0 Å². The second-order valence-corrected chi connectivity index (χ2v) is 4.45. The van der Waals surface area contributed by atoms with Gasteiger partial charge in [0.25, 0.3) is 0 Å². The van der Waals surface area contributed by atoms with Crippen LogP contribution in [0.1, 0.15) is 34.5 Å². The summed E-state index contributed by atoms with van der Waals surface area (Å²) in [5.41, 5.74) is 0.820. The summed E-state index contributed by atoms with van der Waals surface area (Å²) in [5.74, 6) is -4.22. The zero-order chi connectivity index (χ0) is 14.9. The second-order valence-electron chi connectivity index (χ2n) is 4.45. The number of aromatic carboxylic acids is 1. The first-order valence-corrected chi connectivity index (χ1v) is 5.93. The van der Waals surface area contributed by atoms with Gasteiger partial charge in [-0.05, 0) is 37.3 Å². The van der Waals surface area contributed by atoms with Gasteiger partial charge >= 0.3 is 18.1 Å². The molecule has 0 saturated heterocycles. The predicted molar refractivity (Wildman–Crippen MR) is 62.5 cm³/mol. The second kappa shape index (κ2) is 5.10. The molecule has 0 spiro atoms. The molecule has 2 N–H and O–H groups in total. The van der Waals surface area contributed by atoms with Crippen LogP contribution in [0.3, 0.4) is 0 Å². The molecule has 1 aliphatic rings. The van der Waals surface area contributed by atoms with E-state index in [4.69, 9.17) is 5.11 Å². The molecule has 0 unspecified atom stereocenters. The van der Waals surface area contributed by atoms with Crippen LogP contribution in [-0.2, 0) is 17.6 Å². The molecule has 0 aliphatic heterocycles. The summed E-state index contributed by atoms with van der Waals surface area (Å²) in [7, 11) is 0. The summed E-state index contributed by atoms with van der Waals surface area (Å²) in [4.78, 5) is 25.8. The van der Waals surface area contributed by atoms with Gasteiger partial charge in [0, 0.05) is 5.69 Å². The number of alkyl halides is 3. The summed E-state index contributed by atoms with van der Waals surface area (Å²) >= 11 is 0. The first-order valence-electron chi connectivity index (χ1n) is 5.93. The Hall–Kier alpha value is -2.12. The quantitative estimate of drug-likeness (QED) is 0.874. The molecule has 0 radical (unpaired) electrons. The number of hydrogen-bond donors (Lipinski definition) is 2. The minimum Gasteiger partial charge on any atom is -0.478 e. The van der Waals surface area contributed by atoms with Crippen LogP contribution in [-0.4, -0.2) is 28.1 Å². The van der Waals surface area contributed by atoms with Gasteiger partial charge in [-0.25, -0.2) is 9.78 Å². The van der Waals surface area contributed by atoms with Gasteiger partial charge in [0.15, 0.2) is 0 Å². The van der Waals surface area contributed by atoms with E-state index < -0.39 is 29.4 Å². The van der Waals surface area contributed by atoms with Crippen molar-refractivity contribution >= 4 is 17.7 Å². The number of carboxylic acid groups (broad SMARTS) is 1. The van der Waals surface area contributed by atoms with Crippen molar-refractivity contribution in [3.05, 3.63) is 22.9 Å². The molecule has 5 nitrogen and oxygen atoms in total. The largest absolute Gasteiger partial charge is 0.478 e. The maximum atomic E-state index is 12.2. The molecule has 108 valence electrons. The number of hydrogen-bond acceptors (Lipinski definition) is 3. The highest BCUT2D eigenvalue weighted by Crippen LogP contribution is 2.26. The number of carbonyl (C=O) groups is 2. The Morgan fingerprint density at radius 2 is 1.90 bits per heavy atom. The Kier molecular flexibility index (Phi) is 3.65. The zero-order valence-corrected chi connectivity index (χ0v) is 10.3. The molecule has 1 amide bonds. The number of carboxylic acids is 1. The highest BCUT2D eigenvalue weighted by atomic mass is 19.4. The third kappa shape index (κ3) is 2.89. The summed E-state index contributed by atoms with van der Waals surface area (Å²) in [6, 6.07) is 1.29.